The predicted octanol–water partition coefficient (Wildman–Crippen LogP) is 4.17. The lowest BCUT2D eigenvalue weighted by atomic mass is 9.82. The van der Waals surface area contributed by atoms with Crippen molar-refractivity contribution in [2.24, 2.45) is 11.8 Å². The van der Waals surface area contributed by atoms with Crippen molar-refractivity contribution < 1.29 is 4.52 Å². The van der Waals surface area contributed by atoms with Gasteiger partial charge in [0.1, 0.15) is 5.69 Å². The van der Waals surface area contributed by atoms with Crippen LogP contribution in [0.5, 0.6) is 0 Å². The van der Waals surface area contributed by atoms with Crippen LogP contribution < -0.4 is 4.90 Å². The van der Waals surface area contributed by atoms with Crippen molar-refractivity contribution in [3.8, 4) is 11.6 Å². The zero-order valence-corrected chi connectivity index (χ0v) is 17.5. The maximum absolute atomic E-state index is 5.20. The lowest BCUT2D eigenvalue weighted by molar-refractivity contribution is 0.133. The molecule has 2 aromatic rings. The van der Waals surface area contributed by atoms with Crippen LogP contribution >= 0.6 is 0 Å². The van der Waals surface area contributed by atoms with Crippen molar-refractivity contribution in [3.63, 3.8) is 0 Å². The van der Waals surface area contributed by atoms with Gasteiger partial charge in [-0.25, -0.2) is 4.98 Å². The maximum atomic E-state index is 5.20. The van der Waals surface area contributed by atoms with E-state index in [1.54, 1.807) is 0 Å². The fourth-order valence-corrected chi connectivity index (χ4v) is 4.70. The quantitative estimate of drug-likeness (QED) is 0.772. The highest BCUT2D eigenvalue weighted by atomic mass is 16.5. The second kappa shape index (κ2) is 8.60. The zero-order valence-electron chi connectivity index (χ0n) is 17.5. The van der Waals surface area contributed by atoms with Crippen molar-refractivity contribution in [2.75, 3.05) is 31.1 Å². The summed E-state index contributed by atoms with van der Waals surface area (Å²) in [6.45, 7) is 11.3. The van der Waals surface area contributed by atoms with Gasteiger partial charge in [0.2, 0.25) is 0 Å². The monoisotopic (exact) mass is 383 g/mol. The molecule has 0 N–H and O–H groups in total. The number of pyridine rings is 1. The number of piperidine rings is 2. The van der Waals surface area contributed by atoms with Crippen molar-refractivity contribution in [1.29, 1.82) is 0 Å². The van der Waals surface area contributed by atoms with Crippen LogP contribution in [0.25, 0.3) is 11.6 Å². The van der Waals surface area contributed by atoms with Gasteiger partial charge in [-0.1, -0.05) is 5.16 Å². The Balaban J connectivity index is 1.25. The van der Waals surface area contributed by atoms with Gasteiger partial charge >= 0.3 is 0 Å². The Morgan fingerprint density at radius 2 is 1.71 bits per heavy atom. The Kier molecular flexibility index (Phi) is 5.95. The van der Waals surface area contributed by atoms with E-state index in [0.29, 0.717) is 17.8 Å². The van der Waals surface area contributed by atoms with Crippen LogP contribution in [0.15, 0.2) is 22.9 Å². The Morgan fingerprint density at radius 1 is 1.04 bits per heavy atom. The first kappa shape index (κ1) is 19.4. The molecular formula is C22H33N5O. The molecule has 2 aliphatic rings. The highest BCUT2D eigenvalue weighted by Gasteiger charge is 2.26. The summed E-state index contributed by atoms with van der Waals surface area (Å²) in [4.78, 5) is 13.9. The van der Waals surface area contributed by atoms with Gasteiger partial charge in [0.25, 0.3) is 5.89 Å². The molecule has 0 saturated carbocycles. The normalized spacial score (nSPS) is 20.2. The van der Waals surface area contributed by atoms with Gasteiger partial charge in [0.15, 0.2) is 5.82 Å². The summed E-state index contributed by atoms with van der Waals surface area (Å²) in [5.41, 5.74) is 1.94. The minimum atomic E-state index is 0.492. The third-order valence-corrected chi connectivity index (χ3v) is 6.52. The maximum Gasteiger partial charge on any atom is 0.276 e. The third kappa shape index (κ3) is 4.54. The molecule has 4 heterocycles. The van der Waals surface area contributed by atoms with Gasteiger partial charge in [-0.3, -0.25) is 0 Å². The summed E-state index contributed by atoms with van der Waals surface area (Å²) in [5.74, 6) is 2.95. The van der Waals surface area contributed by atoms with Crippen molar-refractivity contribution in [3.05, 3.63) is 24.2 Å². The van der Waals surface area contributed by atoms with Crippen molar-refractivity contribution in [2.45, 2.75) is 58.9 Å². The Morgan fingerprint density at radius 3 is 2.25 bits per heavy atom. The van der Waals surface area contributed by atoms with Crippen LogP contribution in [0.4, 0.5) is 5.69 Å². The number of rotatable bonds is 5. The van der Waals surface area contributed by atoms with Crippen LogP contribution in [0, 0.1) is 18.8 Å². The predicted molar refractivity (Wildman–Crippen MR) is 111 cm³/mol. The lowest BCUT2D eigenvalue weighted by Crippen LogP contribution is -2.39. The van der Waals surface area contributed by atoms with Gasteiger partial charge in [-0.15, -0.1) is 0 Å². The second-order valence-corrected chi connectivity index (χ2v) is 8.79. The first-order valence-electron chi connectivity index (χ1n) is 10.8. The van der Waals surface area contributed by atoms with E-state index in [-0.39, 0.29) is 0 Å². The van der Waals surface area contributed by atoms with E-state index in [0.717, 1.165) is 30.6 Å². The number of nitrogens with zero attached hydrogens (tertiary/aromatic N) is 5. The number of hydrogen-bond acceptors (Lipinski definition) is 6. The number of aromatic nitrogens is 3. The van der Waals surface area contributed by atoms with Crippen LogP contribution in [0.1, 0.15) is 51.8 Å². The van der Waals surface area contributed by atoms with Gasteiger partial charge in [0.05, 0.1) is 11.9 Å². The van der Waals surface area contributed by atoms with E-state index >= 15 is 0 Å². The molecule has 0 bridgehead atoms. The summed E-state index contributed by atoms with van der Waals surface area (Å²) < 4.78 is 5.20. The molecule has 0 amide bonds. The number of likely N-dealkylation sites (tertiary alicyclic amines) is 1. The summed E-state index contributed by atoms with van der Waals surface area (Å²) in [6, 6.07) is 4.81. The fourth-order valence-electron chi connectivity index (χ4n) is 4.70. The Labute approximate surface area is 168 Å². The molecule has 2 saturated heterocycles. The van der Waals surface area contributed by atoms with E-state index in [9.17, 15) is 0 Å². The highest BCUT2D eigenvalue weighted by Crippen LogP contribution is 2.32. The number of anilines is 1. The average Bonchev–Trinajstić information content (AvgIpc) is 3.15. The largest absolute Gasteiger partial charge is 0.370 e. The molecule has 2 fully saturated rings. The Hall–Kier alpha value is -1.95. The molecule has 28 heavy (non-hydrogen) atoms. The van der Waals surface area contributed by atoms with Gasteiger partial charge < -0.3 is 14.3 Å². The molecule has 0 aliphatic carbocycles. The van der Waals surface area contributed by atoms with E-state index in [1.807, 2.05) is 19.2 Å². The molecule has 2 aliphatic heterocycles. The second-order valence-electron chi connectivity index (χ2n) is 8.79. The third-order valence-electron chi connectivity index (χ3n) is 6.52. The van der Waals surface area contributed by atoms with Gasteiger partial charge in [0, 0.05) is 19.1 Å². The smallest absolute Gasteiger partial charge is 0.276 e. The first-order chi connectivity index (χ1) is 13.6. The van der Waals surface area contributed by atoms with E-state index in [1.165, 1.54) is 50.9 Å². The number of hydrogen-bond donors (Lipinski definition) is 0. The standard InChI is InChI=1S/C22H33N5O/c1-16(2)26-10-6-18(7-11-26)14-19-8-12-27(13-9-19)20-4-5-21(23-15-20)22-24-17(3)25-28-22/h4-5,15-16,18-19H,6-14H2,1-3H3. The Bertz CT molecular complexity index is 741. The van der Waals surface area contributed by atoms with Crippen molar-refractivity contribution >= 4 is 5.69 Å². The molecule has 6 nitrogen and oxygen atoms in total. The molecule has 0 unspecified atom stereocenters. The number of aryl methyl sites for hydroxylation is 1. The van der Waals surface area contributed by atoms with E-state index < -0.39 is 0 Å². The molecule has 0 radical (unpaired) electrons. The highest BCUT2D eigenvalue weighted by molar-refractivity contribution is 5.53. The summed E-state index contributed by atoms with van der Waals surface area (Å²) in [5, 5.41) is 3.83. The molecule has 6 heteroatoms. The average molecular weight is 384 g/mol. The molecule has 0 aromatic carbocycles. The van der Waals surface area contributed by atoms with Gasteiger partial charge in [-0.2, -0.15) is 4.98 Å². The summed E-state index contributed by atoms with van der Waals surface area (Å²) in [6.07, 6.45) is 8.74. The summed E-state index contributed by atoms with van der Waals surface area (Å²) >= 11 is 0. The van der Waals surface area contributed by atoms with Crippen LogP contribution in [0.2, 0.25) is 0 Å². The first-order valence-corrected chi connectivity index (χ1v) is 10.8. The SMILES string of the molecule is Cc1noc(-c2ccc(N3CCC(CC4CCN(C(C)C)CC4)CC3)cn2)n1. The van der Waals surface area contributed by atoms with E-state index in [2.05, 4.69) is 44.8 Å². The van der Waals surface area contributed by atoms with E-state index in [4.69, 9.17) is 4.52 Å². The fraction of sp³-hybridized carbons (Fsp3) is 0.682. The van der Waals surface area contributed by atoms with Crippen molar-refractivity contribution in [1.82, 2.24) is 20.0 Å². The minimum Gasteiger partial charge on any atom is -0.370 e. The molecular weight excluding hydrogens is 350 g/mol. The zero-order chi connectivity index (χ0) is 19.5. The lowest BCUT2D eigenvalue weighted by Gasteiger charge is -2.38. The molecule has 152 valence electrons. The molecule has 0 atom stereocenters. The van der Waals surface area contributed by atoms with Crippen LogP contribution in [-0.2, 0) is 0 Å². The van der Waals surface area contributed by atoms with Crippen LogP contribution in [0.3, 0.4) is 0 Å². The molecule has 2 aromatic heterocycles. The summed E-state index contributed by atoms with van der Waals surface area (Å²) in [7, 11) is 0. The van der Waals surface area contributed by atoms with Crippen LogP contribution in [-0.4, -0.2) is 52.2 Å². The topological polar surface area (TPSA) is 58.3 Å². The minimum absolute atomic E-state index is 0.492. The molecule has 4 rings (SSSR count). The van der Waals surface area contributed by atoms with Gasteiger partial charge in [-0.05, 0) is 89.9 Å². The molecule has 0 spiro atoms.